The number of unbranched alkanes of at least 4 members (excludes halogenated alkanes) is 11. The van der Waals surface area contributed by atoms with Crippen molar-refractivity contribution in [1.29, 1.82) is 0 Å². The van der Waals surface area contributed by atoms with Gasteiger partial charge in [0.1, 0.15) is 5.71 Å². The summed E-state index contributed by atoms with van der Waals surface area (Å²) in [6, 6.07) is 17.0. The molecule has 2 nitrogen and oxygen atoms in total. The zero-order valence-corrected chi connectivity index (χ0v) is 27.1. The minimum Gasteiger partial charge on any atom is -0.250 e. The lowest BCUT2D eigenvalue weighted by Crippen LogP contribution is -2.12. The zero-order chi connectivity index (χ0) is 30.1. The predicted molar refractivity (Wildman–Crippen MR) is 189 cm³/mol. The van der Waals surface area contributed by atoms with Crippen molar-refractivity contribution in [3.05, 3.63) is 71.8 Å². The highest BCUT2D eigenvalue weighted by Crippen LogP contribution is 2.21. The summed E-state index contributed by atoms with van der Waals surface area (Å²) in [5.41, 5.74) is 6.11. The van der Waals surface area contributed by atoms with Crippen LogP contribution in [-0.4, -0.2) is 11.4 Å². The van der Waals surface area contributed by atoms with Crippen LogP contribution in [0.15, 0.2) is 70.7 Å². The van der Waals surface area contributed by atoms with Crippen molar-refractivity contribution in [3.63, 3.8) is 0 Å². The van der Waals surface area contributed by atoms with Crippen molar-refractivity contribution in [2.45, 2.75) is 130 Å². The normalized spacial score (nSPS) is 12.3. The molecule has 2 aromatic carbocycles. The van der Waals surface area contributed by atoms with Gasteiger partial charge in [-0.05, 0) is 73.4 Å². The first-order valence-corrected chi connectivity index (χ1v) is 16.9. The summed E-state index contributed by atoms with van der Waals surface area (Å²) in [4.78, 5) is 10.4. The first-order chi connectivity index (χ1) is 20.7. The SMILES string of the molecule is CCCC=Cc1cccc(N=C(C#CCCCCCC)C(CCCCCCCC)=Nc2cccc(C=CCCC)c2)c1. The summed E-state index contributed by atoms with van der Waals surface area (Å²) in [5.74, 6) is 6.96. The molecule has 0 fully saturated rings. The number of benzene rings is 2. The molecular formula is C40H56N2. The van der Waals surface area contributed by atoms with E-state index in [1.54, 1.807) is 0 Å². The Kier molecular flexibility index (Phi) is 19.5. The van der Waals surface area contributed by atoms with Gasteiger partial charge in [0.2, 0.25) is 0 Å². The number of hydrogen-bond donors (Lipinski definition) is 0. The molecule has 0 aromatic heterocycles. The Hall–Kier alpha value is -3.18. The summed E-state index contributed by atoms with van der Waals surface area (Å²) in [5, 5.41) is 0. The van der Waals surface area contributed by atoms with Gasteiger partial charge in [0.25, 0.3) is 0 Å². The number of rotatable bonds is 20. The van der Waals surface area contributed by atoms with E-state index in [1.165, 1.54) is 62.5 Å². The molecule has 2 aromatic rings. The Balaban J connectivity index is 2.46. The molecule has 0 atom stereocenters. The first kappa shape index (κ1) is 35.0. The van der Waals surface area contributed by atoms with Crippen LogP contribution in [0.1, 0.15) is 142 Å². The lowest BCUT2D eigenvalue weighted by atomic mass is 10.0. The van der Waals surface area contributed by atoms with E-state index in [2.05, 4.69) is 112 Å². The van der Waals surface area contributed by atoms with Crippen molar-refractivity contribution < 1.29 is 0 Å². The Bertz CT molecular complexity index is 1190. The van der Waals surface area contributed by atoms with Gasteiger partial charge in [0, 0.05) is 6.42 Å². The average Bonchev–Trinajstić information content (AvgIpc) is 3.00. The van der Waals surface area contributed by atoms with Crippen molar-refractivity contribution in [2.75, 3.05) is 0 Å². The van der Waals surface area contributed by atoms with Crippen LogP contribution in [-0.2, 0) is 0 Å². The first-order valence-electron chi connectivity index (χ1n) is 16.9. The summed E-state index contributed by atoms with van der Waals surface area (Å²) in [6.45, 7) is 8.94. The lowest BCUT2D eigenvalue weighted by molar-refractivity contribution is 0.616. The minimum absolute atomic E-state index is 0.820. The van der Waals surface area contributed by atoms with Gasteiger partial charge in [-0.3, -0.25) is 4.99 Å². The van der Waals surface area contributed by atoms with Gasteiger partial charge in [0.05, 0.1) is 17.1 Å². The minimum atomic E-state index is 0.820. The van der Waals surface area contributed by atoms with Gasteiger partial charge in [-0.25, -0.2) is 4.99 Å². The van der Waals surface area contributed by atoms with Gasteiger partial charge in [-0.1, -0.05) is 146 Å². The van der Waals surface area contributed by atoms with Crippen molar-refractivity contribution in [3.8, 4) is 11.8 Å². The standard InChI is InChI=1S/C40H56N2/c1-5-9-13-15-17-21-31-39(41-37-29-23-27-35(33-37)25-19-11-7-3)40(32-22-18-16-14-10-6-2)42-38-30-24-28-36(34-38)26-20-12-8-4/h19-20,23-30,33-34H,5-18,21,31H2,1-4H3. The highest BCUT2D eigenvalue weighted by Gasteiger charge is 2.09. The monoisotopic (exact) mass is 564 g/mol. The molecule has 0 amide bonds. The molecule has 0 heterocycles. The Morgan fingerprint density at radius 1 is 0.619 bits per heavy atom. The highest BCUT2D eigenvalue weighted by atomic mass is 14.8. The molecule has 0 aliphatic heterocycles. The summed E-state index contributed by atoms with van der Waals surface area (Å²) in [6.07, 6.45) is 27.6. The molecule has 0 spiro atoms. The van der Waals surface area contributed by atoms with Gasteiger partial charge in [-0.2, -0.15) is 0 Å². The fourth-order valence-corrected chi connectivity index (χ4v) is 4.70. The maximum absolute atomic E-state index is 5.22. The summed E-state index contributed by atoms with van der Waals surface area (Å²) >= 11 is 0. The van der Waals surface area contributed by atoms with Crippen molar-refractivity contribution in [1.82, 2.24) is 0 Å². The van der Waals surface area contributed by atoms with Crippen LogP contribution >= 0.6 is 0 Å². The molecule has 0 saturated heterocycles. The molecule has 42 heavy (non-hydrogen) atoms. The smallest absolute Gasteiger partial charge is 0.135 e. The molecule has 0 aliphatic carbocycles. The third kappa shape index (κ3) is 15.7. The second kappa shape index (κ2) is 23.4. The number of aliphatic imine (C=N–C) groups is 2. The molecule has 226 valence electrons. The largest absolute Gasteiger partial charge is 0.250 e. The number of hydrogen-bond acceptors (Lipinski definition) is 2. The van der Waals surface area contributed by atoms with Gasteiger partial charge in [-0.15, -0.1) is 0 Å². The maximum Gasteiger partial charge on any atom is 0.135 e. The van der Waals surface area contributed by atoms with Gasteiger partial charge < -0.3 is 0 Å². The Labute approximate surface area is 258 Å². The third-order valence-corrected chi connectivity index (χ3v) is 7.18. The molecule has 0 unspecified atom stereocenters. The highest BCUT2D eigenvalue weighted by molar-refractivity contribution is 6.49. The summed E-state index contributed by atoms with van der Waals surface area (Å²) in [7, 11) is 0. The number of nitrogens with zero attached hydrogens (tertiary/aromatic N) is 2. The molecule has 0 bridgehead atoms. The molecule has 2 rings (SSSR count). The fraction of sp³-hybridized carbons (Fsp3) is 0.500. The lowest BCUT2D eigenvalue weighted by Gasteiger charge is -2.08. The average molecular weight is 565 g/mol. The Morgan fingerprint density at radius 2 is 1.17 bits per heavy atom. The van der Waals surface area contributed by atoms with Gasteiger partial charge in [0.15, 0.2) is 0 Å². The van der Waals surface area contributed by atoms with Crippen LogP contribution in [0.5, 0.6) is 0 Å². The van der Waals surface area contributed by atoms with Crippen molar-refractivity contribution in [2.24, 2.45) is 9.98 Å². The second-order valence-electron chi connectivity index (χ2n) is 11.2. The van der Waals surface area contributed by atoms with Crippen LogP contribution in [0.25, 0.3) is 12.2 Å². The van der Waals surface area contributed by atoms with E-state index in [9.17, 15) is 0 Å². The Morgan fingerprint density at radius 3 is 1.76 bits per heavy atom. The topological polar surface area (TPSA) is 24.7 Å². The zero-order valence-electron chi connectivity index (χ0n) is 27.1. The van der Waals surface area contributed by atoms with Crippen LogP contribution in [0, 0.1) is 11.8 Å². The van der Waals surface area contributed by atoms with E-state index in [1.807, 2.05) is 0 Å². The van der Waals surface area contributed by atoms with E-state index in [0.717, 1.165) is 74.2 Å². The van der Waals surface area contributed by atoms with Crippen LogP contribution in [0.4, 0.5) is 11.4 Å². The molecule has 0 aliphatic rings. The predicted octanol–water partition coefficient (Wildman–Crippen LogP) is 12.9. The quantitative estimate of drug-likeness (QED) is 0.0868. The number of allylic oxidation sites excluding steroid dienone is 2. The third-order valence-electron chi connectivity index (χ3n) is 7.18. The summed E-state index contributed by atoms with van der Waals surface area (Å²) < 4.78 is 0. The van der Waals surface area contributed by atoms with Gasteiger partial charge >= 0.3 is 0 Å². The molecule has 2 heteroatoms. The fourth-order valence-electron chi connectivity index (χ4n) is 4.70. The molecule has 0 radical (unpaired) electrons. The van der Waals surface area contributed by atoms with E-state index < -0.39 is 0 Å². The van der Waals surface area contributed by atoms with Crippen LogP contribution < -0.4 is 0 Å². The molecule has 0 N–H and O–H groups in total. The maximum atomic E-state index is 5.22. The van der Waals surface area contributed by atoms with E-state index in [0.29, 0.717) is 0 Å². The van der Waals surface area contributed by atoms with Crippen LogP contribution in [0.2, 0.25) is 0 Å². The van der Waals surface area contributed by atoms with E-state index >= 15 is 0 Å². The van der Waals surface area contributed by atoms with Crippen LogP contribution in [0.3, 0.4) is 0 Å². The van der Waals surface area contributed by atoms with Crippen molar-refractivity contribution >= 4 is 35.0 Å². The molecular weight excluding hydrogens is 508 g/mol. The van der Waals surface area contributed by atoms with E-state index in [-0.39, 0.29) is 0 Å². The van der Waals surface area contributed by atoms with E-state index in [4.69, 9.17) is 9.98 Å². The molecule has 0 saturated carbocycles. The second-order valence-corrected chi connectivity index (χ2v) is 11.2.